The first kappa shape index (κ1) is 20.6. The van der Waals surface area contributed by atoms with Gasteiger partial charge in [0.05, 0.1) is 11.3 Å². The Kier molecular flexibility index (Phi) is 5.91. The number of carbonyl (C=O) groups is 1. The predicted molar refractivity (Wildman–Crippen MR) is 115 cm³/mol. The highest BCUT2D eigenvalue weighted by Crippen LogP contribution is 2.27. The number of thiazole rings is 1. The van der Waals surface area contributed by atoms with Crippen LogP contribution in [0, 0.1) is 13.8 Å². The maximum atomic E-state index is 12.8. The zero-order valence-electron chi connectivity index (χ0n) is 17.2. The van der Waals surface area contributed by atoms with Crippen LogP contribution in [0.3, 0.4) is 0 Å². The molecule has 0 aliphatic rings. The molecule has 2 N–H and O–H groups in total. The molecule has 0 saturated heterocycles. The van der Waals surface area contributed by atoms with Crippen molar-refractivity contribution in [1.29, 1.82) is 0 Å². The Morgan fingerprint density at radius 1 is 1.36 bits per heavy atom. The SMILES string of the molecule is Cc1ccc(C)c(-c2cn3c(C(=O)N[C@H](C)CCCC(C)(C)O)csc3n2)c1. The molecule has 1 aromatic carbocycles. The molecule has 6 heteroatoms. The van der Waals surface area contributed by atoms with Gasteiger partial charge in [0.2, 0.25) is 0 Å². The Morgan fingerprint density at radius 3 is 2.82 bits per heavy atom. The summed E-state index contributed by atoms with van der Waals surface area (Å²) in [6.45, 7) is 9.77. The van der Waals surface area contributed by atoms with Crippen molar-refractivity contribution in [2.75, 3.05) is 0 Å². The number of hydrogen-bond acceptors (Lipinski definition) is 4. The van der Waals surface area contributed by atoms with E-state index in [4.69, 9.17) is 4.98 Å². The standard InChI is InChI=1S/C22H29N3O2S/c1-14-8-9-15(2)17(11-14)18-12-25-19(13-28-21(25)24-18)20(26)23-16(3)7-6-10-22(4,5)27/h8-9,11-13,16,27H,6-7,10H2,1-5H3,(H,23,26)/t16-/m1/s1. The summed E-state index contributed by atoms with van der Waals surface area (Å²) < 4.78 is 1.88. The normalized spacial score (nSPS) is 13.1. The second-order valence-corrected chi connectivity index (χ2v) is 9.13. The topological polar surface area (TPSA) is 66.6 Å². The third kappa shape index (κ3) is 4.80. The Bertz CT molecular complexity index is 981. The number of aliphatic hydroxyl groups is 1. The molecule has 2 aromatic heterocycles. The van der Waals surface area contributed by atoms with Crippen LogP contribution in [0.5, 0.6) is 0 Å². The molecular formula is C22H29N3O2S. The third-order valence-corrected chi connectivity index (χ3v) is 5.75. The second-order valence-electron chi connectivity index (χ2n) is 8.30. The van der Waals surface area contributed by atoms with Gasteiger partial charge in [-0.3, -0.25) is 9.20 Å². The van der Waals surface area contributed by atoms with E-state index >= 15 is 0 Å². The Labute approximate surface area is 170 Å². The summed E-state index contributed by atoms with van der Waals surface area (Å²) in [7, 11) is 0. The lowest BCUT2D eigenvalue weighted by Gasteiger charge is -2.19. The fourth-order valence-corrected chi connectivity index (χ4v) is 4.15. The first-order valence-corrected chi connectivity index (χ1v) is 10.6. The van der Waals surface area contributed by atoms with Crippen LogP contribution in [0.25, 0.3) is 16.2 Å². The van der Waals surface area contributed by atoms with Crippen LogP contribution in [0.1, 0.15) is 61.6 Å². The molecule has 5 nitrogen and oxygen atoms in total. The van der Waals surface area contributed by atoms with Crippen molar-refractivity contribution < 1.29 is 9.90 Å². The van der Waals surface area contributed by atoms with Gasteiger partial charge < -0.3 is 10.4 Å². The zero-order chi connectivity index (χ0) is 20.5. The van der Waals surface area contributed by atoms with E-state index in [9.17, 15) is 9.90 Å². The van der Waals surface area contributed by atoms with E-state index in [0.717, 1.165) is 35.5 Å². The van der Waals surface area contributed by atoms with E-state index in [1.807, 2.05) is 36.7 Å². The van der Waals surface area contributed by atoms with E-state index < -0.39 is 5.60 Å². The average Bonchev–Trinajstić information content (AvgIpc) is 3.16. The predicted octanol–water partition coefficient (Wildman–Crippen LogP) is 4.74. The van der Waals surface area contributed by atoms with Crippen LogP contribution < -0.4 is 5.32 Å². The Balaban J connectivity index is 1.74. The first-order chi connectivity index (χ1) is 13.1. The van der Waals surface area contributed by atoms with Gasteiger partial charge >= 0.3 is 0 Å². The average molecular weight is 400 g/mol. The van der Waals surface area contributed by atoms with E-state index in [1.54, 1.807) is 0 Å². The van der Waals surface area contributed by atoms with Crippen LogP contribution in [-0.2, 0) is 0 Å². The molecule has 28 heavy (non-hydrogen) atoms. The van der Waals surface area contributed by atoms with Gasteiger partial charge in [-0.2, -0.15) is 0 Å². The summed E-state index contributed by atoms with van der Waals surface area (Å²) in [6, 6.07) is 6.37. The van der Waals surface area contributed by atoms with Crippen molar-refractivity contribution in [1.82, 2.24) is 14.7 Å². The smallest absolute Gasteiger partial charge is 0.269 e. The fourth-order valence-electron chi connectivity index (χ4n) is 3.30. The van der Waals surface area contributed by atoms with Gasteiger partial charge in [-0.05, 0) is 65.5 Å². The van der Waals surface area contributed by atoms with Gasteiger partial charge in [0.1, 0.15) is 5.69 Å². The maximum absolute atomic E-state index is 12.8. The van der Waals surface area contributed by atoms with Crippen LogP contribution in [-0.4, -0.2) is 32.0 Å². The van der Waals surface area contributed by atoms with Crippen LogP contribution in [0.4, 0.5) is 0 Å². The molecule has 1 amide bonds. The summed E-state index contributed by atoms with van der Waals surface area (Å²) in [5.41, 5.74) is 4.29. The summed E-state index contributed by atoms with van der Waals surface area (Å²) in [5.74, 6) is -0.0908. The number of amides is 1. The molecule has 0 bridgehead atoms. The maximum Gasteiger partial charge on any atom is 0.269 e. The van der Waals surface area contributed by atoms with Crippen molar-refractivity contribution >= 4 is 22.2 Å². The van der Waals surface area contributed by atoms with Crippen molar-refractivity contribution in [3.8, 4) is 11.3 Å². The van der Waals surface area contributed by atoms with Gasteiger partial charge in [0, 0.05) is 23.2 Å². The van der Waals surface area contributed by atoms with Gasteiger partial charge in [-0.1, -0.05) is 17.7 Å². The van der Waals surface area contributed by atoms with Gasteiger partial charge in [0.15, 0.2) is 4.96 Å². The van der Waals surface area contributed by atoms with Crippen LogP contribution in [0.15, 0.2) is 29.8 Å². The monoisotopic (exact) mass is 399 g/mol. The van der Waals surface area contributed by atoms with E-state index in [2.05, 4.69) is 37.4 Å². The lowest BCUT2D eigenvalue weighted by atomic mass is 10.00. The molecule has 0 saturated carbocycles. The molecule has 0 spiro atoms. The van der Waals surface area contributed by atoms with Crippen LogP contribution >= 0.6 is 11.3 Å². The lowest BCUT2D eigenvalue weighted by Crippen LogP contribution is -2.33. The quantitative estimate of drug-likeness (QED) is 0.603. The minimum atomic E-state index is -0.662. The van der Waals surface area contributed by atoms with Crippen molar-refractivity contribution in [2.24, 2.45) is 0 Å². The number of fused-ring (bicyclic) bond motifs is 1. The molecule has 1 atom stereocenters. The summed E-state index contributed by atoms with van der Waals surface area (Å²) >= 11 is 1.47. The number of hydrogen-bond donors (Lipinski definition) is 2. The van der Waals surface area contributed by atoms with Gasteiger partial charge in [0.25, 0.3) is 5.91 Å². The van der Waals surface area contributed by atoms with Crippen LogP contribution in [0.2, 0.25) is 0 Å². The Hall–Kier alpha value is -2.18. The number of carbonyl (C=O) groups excluding carboxylic acids is 1. The zero-order valence-corrected chi connectivity index (χ0v) is 18.1. The molecule has 0 radical (unpaired) electrons. The van der Waals surface area contributed by atoms with Crippen molar-refractivity contribution in [3.05, 3.63) is 46.6 Å². The van der Waals surface area contributed by atoms with Crippen molar-refractivity contribution in [2.45, 2.75) is 65.5 Å². The van der Waals surface area contributed by atoms with Gasteiger partial charge in [-0.25, -0.2) is 4.98 Å². The molecule has 0 fully saturated rings. The highest BCUT2D eigenvalue weighted by Gasteiger charge is 2.18. The first-order valence-electron chi connectivity index (χ1n) is 9.71. The van der Waals surface area contributed by atoms with Gasteiger partial charge in [-0.15, -0.1) is 11.3 Å². The Morgan fingerprint density at radius 2 is 2.11 bits per heavy atom. The van der Waals surface area contributed by atoms with E-state index in [-0.39, 0.29) is 11.9 Å². The third-order valence-electron chi connectivity index (χ3n) is 4.91. The lowest BCUT2D eigenvalue weighted by molar-refractivity contribution is 0.0674. The molecule has 2 heterocycles. The highest BCUT2D eigenvalue weighted by molar-refractivity contribution is 7.15. The molecule has 0 aliphatic heterocycles. The second kappa shape index (κ2) is 8.05. The van der Waals surface area contributed by atoms with E-state index in [0.29, 0.717) is 5.69 Å². The number of rotatable bonds is 7. The summed E-state index contributed by atoms with van der Waals surface area (Å²) in [6.07, 6.45) is 4.37. The molecule has 3 rings (SSSR count). The number of benzene rings is 1. The van der Waals surface area contributed by atoms with Crippen molar-refractivity contribution in [3.63, 3.8) is 0 Å². The molecule has 0 aliphatic carbocycles. The largest absolute Gasteiger partial charge is 0.390 e. The summed E-state index contributed by atoms with van der Waals surface area (Å²) in [4.78, 5) is 18.3. The van der Waals surface area contributed by atoms with E-state index in [1.165, 1.54) is 22.5 Å². The molecular weight excluding hydrogens is 370 g/mol. The summed E-state index contributed by atoms with van der Waals surface area (Å²) in [5, 5.41) is 14.7. The highest BCUT2D eigenvalue weighted by atomic mass is 32.1. The number of imidazole rings is 1. The molecule has 0 unspecified atom stereocenters. The fraction of sp³-hybridized carbons (Fsp3) is 0.455. The number of aromatic nitrogens is 2. The number of aryl methyl sites for hydroxylation is 2. The molecule has 150 valence electrons. The molecule has 3 aromatic rings. The minimum absolute atomic E-state index is 0.0480. The minimum Gasteiger partial charge on any atom is -0.390 e. The number of nitrogens with zero attached hydrogens (tertiary/aromatic N) is 2. The number of nitrogens with one attached hydrogen (secondary N) is 1.